The molecule has 1 aromatic heterocycles. The summed E-state index contributed by atoms with van der Waals surface area (Å²) >= 11 is 0. The molecule has 1 aromatic rings. The van der Waals surface area contributed by atoms with E-state index in [2.05, 4.69) is 5.16 Å². The van der Waals surface area contributed by atoms with Gasteiger partial charge in [-0.25, -0.2) is 0 Å². The van der Waals surface area contributed by atoms with Crippen molar-refractivity contribution in [3.05, 3.63) is 34.2 Å². The number of carbonyl (C=O) groups is 1. The third-order valence-electron chi connectivity index (χ3n) is 2.61. The van der Waals surface area contributed by atoms with Gasteiger partial charge in [0.05, 0.1) is 6.54 Å². The number of hydrogen-bond acceptors (Lipinski definition) is 4. The summed E-state index contributed by atoms with van der Waals surface area (Å²) in [7, 11) is 1.61. The van der Waals surface area contributed by atoms with Gasteiger partial charge in [-0.15, -0.1) is 0 Å². The molecule has 0 aliphatic rings. The minimum atomic E-state index is -0.314. The second-order valence-corrected chi connectivity index (χ2v) is 4.18. The molecule has 1 amide bonds. The Morgan fingerprint density at radius 1 is 1.58 bits per heavy atom. The van der Waals surface area contributed by atoms with E-state index in [0.717, 1.165) is 6.42 Å². The van der Waals surface area contributed by atoms with Crippen LogP contribution in [0, 0.1) is 0 Å². The van der Waals surface area contributed by atoms with Gasteiger partial charge >= 0.3 is 0 Å². The van der Waals surface area contributed by atoms with E-state index in [0.29, 0.717) is 12.1 Å². The number of hydrogen-bond donors (Lipinski definition) is 2. The number of nitrogens with zero attached hydrogens (tertiary/aromatic N) is 3. The number of rotatable bonds is 5. The molecule has 104 valence electrons. The number of aryl methyl sites for hydroxylation is 1. The SMILES string of the molecule is CCCN(C/C(N)=N/O)C(=O)c1ccn(C)c(=O)c1. The molecule has 0 spiro atoms. The van der Waals surface area contributed by atoms with Gasteiger partial charge < -0.3 is 20.4 Å². The maximum Gasteiger partial charge on any atom is 0.254 e. The van der Waals surface area contributed by atoms with Crippen LogP contribution in [0.3, 0.4) is 0 Å². The van der Waals surface area contributed by atoms with Crippen LogP contribution in [0.1, 0.15) is 23.7 Å². The van der Waals surface area contributed by atoms with Crippen molar-refractivity contribution < 1.29 is 10.0 Å². The lowest BCUT2D eigenvalue weighted by Crippen LogP contribution is -2.39. The zero-order valence-corrected chi connectivity index (χ0v) is 11.0. The van der Waals surface area contributed by atoms with Crippen LogP contribution in [0.25, 0.3) is 0 Å². The van der Waals surface area contributed by atoms with Gasteiger partial charge in [0.25, 0.3) is 11.5 Å². The van der Waals surface area contributed by atoms with E-state index in [4.69, 9.17) is 10.9 Å². The van der Waals surface area contributed by atoms with E-state index < -0.39 is 0 Å². The molecule has 0 atom stereocenters. The van der Waals surface area contributed by atoms with Crippen LogP contribution < -0.4 is 11.3 Å². The first kappa shape index (κ1) is 14.7. The van der Waals surface area contributed by atoms with Crippen molar-refractivity contribution >= 4 is 11.7 Å². The van der Waals surface area contributed by atoms with Crippen molar-refractivity contribution in [3.63, 3.8) is 0 Å². The number of oxime groups is 1. The molecule has 7 heteroatoms. The summed E-state index contributed by atoms with van der Waals surface area (Å²) in [6.07, 6.45) is 2.26. The Hall–Kier alpha value is -2.31. The number of pyridine rings is 1. The molecular weight excluding hydrogens is 248 g/mol. The molecule has 3 N–H and O–H groups in total. The second kappa shape index (κ2) is 6.58. The van der Waals surface area contributed by atoms with E-state index >= 15 is 0 Å². The van der Waals surface area contributed by atoms with Crippen molar-refractivity contribution in [1.29, 1.82) is 0 Å². The number of nitrogens with two attached hydrogens (primary N) is 1. The van der Waals surface area contributed by atoms with Gasteiger partial charge in [-0.05, 0) is 12.5 Å². The van der Waals surface area contributed by atoms with Gasteiger partial charge in [0.1, 0.15) is 0 Å². The average molecular weight is 266 g/mol. The second-order valence-electron chi connectivity index (χ2n) is 4.18. The maximum absolute atomic E-state index is 12.2. The van der Waals surface area contributed by atoms with E-state index in [-0.39, 0.29) is 23.8 Å². The molecule has 0 saturated heterocycles. The highest BCUT2D eigenvalue weighted by molar-refractivity contribution is 5.96. The zero-order chi connectivity index (χ0) is 14.4. The van der Waals surface area contributed by atoms with Gasteiger partial charge in [0, 0.05) is 31.4 Å². The van der Waals surface area contributed by atoms with Crippen LogP contribution in [0.15, 0.2) is 28.3 Å². The molecule has 1 heterocycles. The minimum Gasteiger partial charge on any atom is -0.409 e. The third-order valence-corrected chi connectivity index (χ3v) is 2.61. The third kappa shape index (κ3) is 3.84. The van der Waals surface area contributed by atoms with Gasteiger partial charge in [0.2, 0.25) is 0 Å². The first-order valence-corrected chi connectivity index (χ1v) is 5.92. The molecule has 1 rings (SSSR count). The van der Waals surface area contributed by atoms with Crippen molar-refractivity contribution in [2.24, 2.45) is 17.9 Å². The van der Waals surface area contributed by atoms with Gasteiger partial charge in [0.15, 0.2) is 5.84 Å². The van der Waals surface area contributed by atoms with Crippen LogP contribution in [0.2, 0.25) is 0 Å². The smallest absolute Gasteiger partial charge is 0.254 e. The highest BCUT2D eigenvalue weighted by atomic mass is 16.4. The Bertz CT molecular complexity index is 536. The Morgan fingerprint density at radius 3 is 2.79 bits per heavy atom. The quantitative estimate of drug-likeness (QED) is 0.338. The molecule has 7 nitrogen and oxygen atoms in total. The first-order chi connectivity index (χ1) is 8.99. The fourth-order valence-corrected chi connectivity index (χ4v) is 1.61. The monoisotopic (exact) mass is 266 g/mol. The molecule has 0 unspecified atom stereocenters. The molecule has 0 aliphatic heterocycles. The van der Waals surface area contributed by atoms with Crippen LogP contribution in [-0.4, -0.2) is 39.5 Å². The van der Waals surface area contributed by atoms with Crippen molar-refractivity contribution in [1.82, 2.24) is 9.47 Å². The number of aromatic nitrogens is 1. The number of amidine groups is 1. The number of carbonyl (C=O) groups excluding carboxylic acids is 1. The summed E-state index contributed by atoms with van der Waals surface area (Å²) in [5.41, 5.74) is 5.45. The topological polar surface area (TPSA) is 101 Å². The summed E-state index contributed by atoms with van der Waals surface area (Å²) in [6.45, 7) is 2.40. The maximum atomic E-state index is 12.2. The molecule has 0 aliphatic carbocycles. The first-order valence-electron chi connectivity index (χ1n) is 5.92. The Balaban J connectivity index is 2.98. The Morgan fingerprint density at radius 2 is 2.26 bits per heavy atom. The highest BCUT2D eigenvalue weighted by Crippen LogP contribution is 2.03. The predicted molar refractivity (Wildman–Crippen MR) is 71.3 cm³/mol. The molecule has 0 bridgehead atoms. The molecule has 0 radical (unpaired) electrons. The standard InChI is InChI=1S/C12H18N4O3/c1-3-5-16(8-10(13)14-19)12(18)9-4-6-15(2)11(17)7-9/h4,6-7,19H,3,5,8H2,1-2H3,(H2,13,14). The summed E-state index contributed by atoms with van der Waals surface area (Å²) in [6, 6.07) is 2.84. The summed E-state index contributed by atoms with van der Waals surface area (Å²) < 4.78 is 1.38. The average Bonchev–Trinajstić information content (AvgIpc) is 2.40. The predicted octanol–water partition coefficient (Wildman–Crippen LogP) is -0.0161. The van der Waals surface area contributed by atoms with Crippen LogP contribution >= 0.6 is 0 Å². The highest BCUT2D eigenvalue weighted by Gasteiger charge is 2.17. The van der Waals surface area contributed by atoms with Crippen LogP contribution in [0.4, 0.5) is 0 Å². The van der Waals surface area contributed by atoms with E-state index in [1.54, 1.807) is 13.1 Å². The number of amides is 1. The Kier molecular flexibility index (Phi) is 5.11. The summed E-state index contributed by atoms with van der Waals surface area (Å²) in [5.74, 6) is -0.364. The molecular formula is C12H18N4O3. The van der Waals surface area contributed by atoms with Crippen LogP contribution in [0.5, 0.6) is 0 Å². The van der Waals surface area contributed by atoms with E-state index in [1.165, 1.54) is 21.7 Å². The minimum absolute atomic E-state index is 0.0262. The normalized spacial score (nSPS) is 11.4. The van der Waals surface area contributed by atoms with Crippen molar-refractivity contribution in [3.8, 4) is 0 Å². The van der Waals surface area contributed by atoms with E-state index in [9.17, 15) is 9.59 Å². The molecule has 0 aromatic carbocycles. The summed E-state index contributed by atoms with van der Waals surface area (Å²) in [4.78, 5) is 25.2. The lowest BCUT2D eigenvalue weighted by molar-refractivity contribution is 0.0778. The summed E-state index contributed by atoms with van der Waals surface area (Å²) in [5, 5.41) is 11.4. The largest absolute Gasteiger partial charge is 0.409 e. The van der Waals surface area contributed by atoms with Gasteiger partial charge in [-0.2, -0.15) is 0 Å². The lowest BCUT2D eigenvalue weighted by atomic mass is 10.2. The lowest BCUT2D eigenvalue weighted by Gasteiger charge is -2.21. The molecule has 0 saturated carbocycles. The molecule has 19 heavy (non-hydrogen) atoms. The van der Waals surface area contributed by atoms with Gasteiger partial charge in [-0.3, -0.25) is 9.59 Å². The van der Waals surface area contributed by atoms with E-state index in [1.807, 2.05) is 6.92 Å². The Labute approximate surface area is 110 Å². The van der Waals surface area contributed by atoms with Gasteiger partial charge in [-0.1, -0.05) is 12.1 Å². The zero-order valence-electron chi connectivity index (χ0n) is 11.0. The molecule has 0 fully saturated rings. The van der Waals surface area contributed by atoms with Crippen molar-refractivity contribution in [2.75, 3.05) is 13.1 Å². The van der Waals surface area contributed by atoms with Crippen molar-refractivity contribution in [2.45, 2.75) is 13.3 Å². The van der Waals surface area contributed by atoms with Crippen LogP contribution in [-0.2, 0) is 7.05 Å². The fourth-order valence-electron chi connectivity index (χ4n) is 1.61. The fraction of sp³-hybridized carbons (Fsp3) is 0.417.